The monoisotopic (exact) mass is 295 g/mol. The number of hydrogen-bond acceptors (Lipinski definition) is 4. The summed E-state index contributed by atoms with van der Waals surface area (Å²) in [6.45, 7) is 0. The van der Waals surface area contributed by atoms with Gasteiger partial charge in [0.2, 0.25) is 0 Å². The van der Waals surface area contributed by atoms with Crippen molar-refractivity contribution < 1.29 is 14.7 Å². The second-order valence-electron chi connectivity index (χ2n) is 4.92. The topological polar surface area (TPSA) is 66.4 Å². The molecule has 0 saturated heterocycles. The number of thiophene rings is 2. The van der Waals surface area contributed by atoms with Gasteiger partial charge in [0.15, 0.2) is 0 Å². The number of carboxylic acids is 1. The van der Waals surface area contributed by atoms with E-state index in [0.29, 0.717) is 4.88 Å². The number of carbonyl (C=O) groups is 2. The average molecular weight is 295 g/mol. The molecule has 1 aliphatic carbocycles. The summed E-state index contributed by atoms with van der Waals surface area (Å²) in [5, 5.41) is 13.9. The Morgan fingerprint density at radius 1 is 1.37 bits per heavy atom. The first kappa shape index (κ1) is 12.6. The summed E-state index contributed by atoms with van der Waals surface area (Å²) < 4.78 is 2.21. The number of fused-ring (bicyclic) bond motifs is 1. The van der Waals surface area contributed by atoms with E-state index < -0.39 is 11.5 Å². The first-order chi connectivity index (χ1) is 9.08. The Labute approximate surface area is 118 Å². The molecule has 100 valence electrons. The molecule has 0 spiro atoms. The summed E-state index contributed by atoms with van der Waals surface area (Å²) >= 11 is 3.07. The molecule has 0 unspecified atom stereocenters. The molecule has 1 saturated carbocycles. The first-order valence-corrected chi connectivity index (χ1v) is 7.79. The number of carboxylic acid groups (broad SMARTS) is 1. The minimum atomic E-state index is -0.854. The van der Waals surface area contributed by atoms with Crippen LogP contribution in [0, 0.1) is 0 Å². The van der Waals surface area contributed by atoms with Crippen LogP contribution in [0.15, 0.2) is 17.5 Å². The zero-order valence-corrected chi connectivity index (χ0v) is 11.8. The van der Waals surface area contributed by atoms with Gasteiger partial charge in [-0.3, -0.25) is 9.59 Å². The van der Waals surface area contributed by atoms with Crippen molar-refractivity contribution in [1.82, 2.24) is 5.32 Å². The van der Waals surface area contributed by atoms with Crippen molar-refractivity contribution in [2.75, 3.05) is 0 Å². The van der Waals surface area contributed by atoms with Gasteiger partial charge >= 0.3 is 5.97 Å². The molecule has 1 aliphatic rings. The molecule has 2 aromatic heterocycles. The summed E-state index contributed by atoms with van der Waals surface area (Å²) in [5.74, 6) is -0.999. The number of nitrogens with one attached hydrogen (secondary N) is 1. The molecule has 0 aromatic carbocycles. The van der Waals surface area contributed by atoms with Crippen LogP contribution in [0.2, 0.25) is 0 Å². The van der Waals surface area contributed by atoms with Crippen LogP contribution in [0.25, 0.3) is 9.40 Å². The first-order valence-electron chi connectivity index (χ1n) is 6.09. The second kappa shape index (κ2) is 4.61. The SMILES string of the molecule is O=C(O)CC1(NC(=O)c2cc3sccc3s2)CCC1. The maximum absolute atomic E-state index is 12.2. The molecule has 0 atom stereocenters. The summed E-state index contributed by atoms with van der Waals surface area (Å²) in [6.07, 6.45) is 2.50. The van der Waals surface area contributed by atoms with E-state index in [1.807, 2.05) is 17.5 Å². The molecule has 4 nitrogen and oxygen atoms in total. The highest BCUT2D eigenvalue weighted by atomic mass is 32.1. The van der Waals surface area contributed by atoms with Gasteiger partial charge in [-0.2, -0.15) is 0 Å². The van der Waals surface area contributed by atoms with Gasteiger partial charge in [-0.05, 0) is 36.8 Å². The summed E-state index contributed by atoms with van der Waals surface area (Å²) in [6, 6.07) is 3.88. The lowest BCUT2D eigenvalue weighted by Crippen LogP contribution is -2.54. The minimum absolute atomic E-state index is 0.0124. The number of hydrogen-bond donors (Lipinski definition) is 2. The Bertz CT molecular complexity index is 611. The normalized spacial score (nSPS) is 17.1. The van der Waals surface area contributed by atoms with Gasteiger partial charge in [0, 0.05) is 9.40 Å². The van der Waals surface area contributed by atoms with E-state index in [1.54, 1.807) is 11.3 Å². The van der Waals surface area contributed by atoms with Crippen LogP contribution in [0.4, 0.5) is 0 Å². The van der Waals surface area contributed by atoms with Crippen LogP contribution in [0.3, 0.4) is 0 Å². The average Bonchev–Trinajstić information content (AvgIpc) is 2.84. The molecule has 6 heteroatoms. The Hall–Kier alpha value is -1.40. The quantitative estimate of drug-likeness (QED) is 0.911. The third-order valence-electron chi connectivity index (χ3n) is 3.54. The molecule has 0 radical (unpaired) electrons. The summed E-state index contributed by atoms with van der Waals surface area (Å²) in [7, 11) is 0. The van der Waals surface area contributed by atoms with Crippen LogP contribution in [0.5, 0.6) is 0 Å². The largest absolute Gasteiger partial charge is 0.481 e. The number of aliphatic carboxylic acids is 1. The van der Waals surface area contributed by atoms with E-state index in [9.17, 15) is 9.59 Å². The van der Waals surface area contributed by atoms with E-state index in [-0.39, 0.29) is 12.3 Å². The van der Waals surface area contributed by atoms with Crippen molar-refractivity contribution in [1.29, 1.82) is 0 Å². The lowest BCUT2D eigenvalue weighted by molar-refractivity contribution is -0.139. The smallest absolute Gasteiger partial charge is 0.305 e. The molecule has 0 aliphatic heterocycles. The Morgan fingerprint density at radius 3 is 2.74 bits per heavy atom. The Balaban J connectivity index is 1.77. The predicted octanol–water partition coefficient (Wildman–Crippen LogP) is 3.09. The van der Waals surface area contributed by atoms with E-state index in [1.165, 1.54) is 11.3 Å². The predicted molar refractivity (Wildman–Crippen MR) is 76.0 cm³/mol. The fraction of sp³-hybridized carbons (Fsp3) is 0.385. The highest BCUT2D eigenvalue weighted by molar-refractivity contribution is 7.27. The van der Waals surface area contributed by atoms with Gasteiger partial charge in [-0.25, -0.2) is 0 Å². The van der Waals surface area contributed by atoms with Crippen molar-refractivity contribution in [2.24, 2.45) is 0 Å². The maximum Gasteiger partial charge on any atom is 0.305 e. The van der Waals surface area contributed by atoms with Crippen LogP contribution < -0.4 is 5.32 Å². The standard InChI is InChI=1S/C13H13NO3S2/c15-11(16)7-13(3-1-4-13)14-12(17)10-6-9-8(19-10)2-5-18-9/h2,5-6H,1,3-4,7H2,(H,14,17)(H,15,16). The van der Waals surface area contributed by atoms with Gasteiger partial charge in [0.1, 0.15) is 0 Å². The third-order valence-corrected chi connectivity index (χ3v) is 5.63. The lowest BCUT2D eigenvalue weighted by atomic mass is 9.74. The zero-order chi connectivity index (χ0) is 13.5. The molecule has 3 rings (SSSR count). The Kier molecular flexibility index (Phi) is 3.06. The van der Waals surface area contributed by atoms with Crippen molar-refractivity contribution in [3.05, 3.63) is 22.4 Å². The van der Waals surface area contributed by atoms with Gasteiger partial charge in [0.25, 0.3) is 5.91 Å². The third kappa shape index (κ3) is 2.37. The number of amides is 1. The highest BCUT2D eigenvalue weighted by Crippen LogP contribution is 2.36. The summed E-state index contributed by atoms with van der Waals surface area (Å²) in [5.41, 5.74) is -0.527. The van der Waals surface area contributed by atoms with Crippen molar-refractivity contribution in [2.45, 2.75) is 31.2 Å². The van der Waals surface area contributed by atoms with Crippen molar-refractivity contribution >= 4 is 43.9 Å². The fourth-order valence-electron chi connectivity index (χ4n) is 2.42. The van der Waals surface area contributed by atoms with Crippen LogP contribution in [-0.2, 0) is 4.79 Å². The van der Waals surface area contributed by atoms with E-state index in [2.05, 4.69) is 5.32 Å². The molecule has 2 aromatic rings. The van der Waals surface area contributed by atoms with Gasteiger partial charge in [-0.1, -0.05) is 0 Å². The Morgan fingerprint density at radius 2 is 2.16 bits per heavy atom. The molecule has 1 amide bonds. The highest BCUT2D eigenvalue weighted by Gasteiger charge is 2.40. The molecular weight excluding hydrogens is 282 g/mol. The van der Waals surface area contributed by atoms with Crippen molar-refractivity contribution in [3.63, 3.8) is 0 Å². The van der Waals surface area contributed by atoms with Crippen LogP contribution in [-0.4, -0.2) is 22.5 Å². The number of carbonyl (C=O) groups excluding carboxylic acids is 1. The molecule has 19 heavy (non-hydrogen) atoms. The van der Waals surface area contributed by atoms with Crippen molar-refractivity contribution in [3.8, 4) is 0 Å². The van der Waals surface area contributed by atoms with E-state index >= 15 is 0 Å². The van der Waals surface area contributed by atoms with E-state index in [0.717, 1.165) is 28.7 Å². The molecule has 2 N–H and O–H groups in total. The second-order valence-corrected chi connectivity index (χ2v) is 6.95. The zero-order valence-electron chi connectivity index (χ0n) is 10.1. The van der Waals surface area contributed by atoms with Gasteiger partial charge < -0.3 is 10.4 Å². The fourth-order valence-corrected chi connectivity index (χ4v) is 4.42. The van der Waals surface area contributed by atoms with Gasteiger partial charge in [0.05, 0.1) is 16.8 Å². The van der Waals surface area contributed by atoms with Gasteiger partial charge in [-0.15, -0.1) is 22.7 Å². The molecule has 0 bridgehead atoms. The van der Waals surface area contributed by atoms with E-state index in [4.69, 9.17) is 5.11 Å². The molecule has 1 fully saturated rings. The molecular formula is C13H13NO3S2. The van der Waals surface area contributed by atoms with Crippen LogP contribution >= 0.6 is 22.7 Å². The summed E-state index contributed by atoms with van der Waals surface area (Å²) in [4.78, 5) is 23.8. The van der Waals surface area contributed by atoms with Crippen LogP contribution in [0.1, 0.15) is 35.4 Å². The molecule has 2 heterocycles. The maximum atomic E-state index is 12.2. The minimum Gasteiger partial charge on any atom is -0.481 e. The number of rotatable bonds is 4. The lowest BCUT2D eigenvalue weighted by Gasteiger charge is -2.41.